The number of hydrogen-bond acceptors (Lipinski definition) is 5. The predicted octanol–water partition coefficient (Wildman–Crippen LogP) is 3.95. The van der Waals surface area contributed by atoms with E-state index in [1.54, 1.807) is 31.5 Å². The quantitative estimate of drug-likeness (QED) is 0.478. The van der Waals surface area contributed by atoms with E-state index in [0.717, 1.165) is 38.8 Å². The molecule has 0 aliphatic rings. The second kappa shape index (κ2) is 11.8. The Morgan fingerprint density at radius 1 is 1.19 bits per heavy atom. The minimum Gasteiger partial charge on any atom is -0.497 e. The van der Waals surface area contributed by atoms with E-state index in [1.165, 1.54) is 7.11 Å². The van der Waals surface area contributed by atoms with Crippen LogP contribution in [0, 0.1) is 11.3 Å². The minimum absolute atomic E-state index is 0.0714. The van der Waals surface area contributed by atoms with Gasteiger partial charge in [-0.25, -0.2) is 0 Å². The fourth-order valence-corrected chi connectivity index (χ4v) is 2.39. The topological polar surface area (TPSA) is 74.6 Å². The number of carbonyl (C=O) groups is 1. The molecule has 0 atom stereocenters. The molecule has 1 amide bonds. The second-order valence-corrected chi connectivity index (χ2v) is 5.92. The van der Waals surface area contributed by atoms with Crippen LogP contribution in [-0.4, -0.2) is 38.1 Å². The highest BCUT2D eigenvalue weighted by Gasteiger charge is 2.14. The Bertz CT molecular complexity index is 642. The Morgan fingerprint density at radius 2 is 1.85 bits per heavy atom. The summed E-state index contributed by atoms with van der Waals surface area (Å²) in [6, 6.07) is 7.12. The Balaban J connectivity index is 2.98. The molecule has 142 valence electrons. The summed E-state index contributed by atoms with van der Waals surface area (Å²) in [5, 5.41) is 12.2. The van der Waals surface area contributed by atoms with Gasteiger partial charge in [-0.15, -0.1) is 0 Å². The summed E-state index contributed by atoms with van der Waals surface area (Å²) in [5.74, 6) is 0.637. The van der Waals surface area contributed by atoms with Crippen molar-refractivity contribution in [2.75, 3.05) is 32.6 Å². The summed E-state index contributed by atoms with van der Waals surface area (Å²) in [4.78, 5) is 14.6. The van der Waals surface area contributed by atoms with Gasteiger partial charge in [0.15, 0.2) is 0 Å². The van der Waals surface area contributed by atoms with Gasteiger partial charge in [-0.05, 0) is 25.0 Å². The molecular formula is C20H29N3O3. The number of nitriles is 1. The van der Waals surface area contributed by atoms with Crippen LogP contribution in [0.3, 0.4) is 0 Å². The highest BCUT2D eigenvalue weighted by Crippen LogP contribution is 2.29. The summed E-state index contributed by atoms with van der Waals surface area (Å²) in [6.45, 7) is 5.90. The van der Waals surface area contributed by atoms with Crippen LogP contribution in [-0.2, 0) is 4.79 Å². The van der Waals surface area contributed by atoms with Crippen LogP contribution < -0.4 is 14.8 Å². The van der Waals surface area contributed by atoms with E-state index in [9.17, 15) is 10.1 Å². The number of ether oxygens (including phenoxy) is 2. The molecule has 1 aromatic rings. The monoisotopic (exact) mass is 359 g/mol. The summed E-state index contributed by atoms with van der Waals surface area (Å²) in [5.41, 5.74) is 0.536. The van der Waals surface area contributed by atoms with E-state index in [-0.39, 0.29) is 5.57 Å². The van der Waals surface area contributed by atoms with Crippen LogP contribution in [0.1, 0.15) is 39.5 Å². The highest BCUT2D eigenvalue weighted by atomic mass is 16.5. The normalized spacial score (nSPS) is 10.8. The van der Waals surface area contributed by atoms with E-state index < -0.39 is 5.91 Å². The largest absolute Gasteiger partial charge is 0.497 e. The van der Waals surface area contributed by atoms with Gasteiger partial charge < -0.3 is 19.7 Å². The van der Waals surface area contributed by atoms with Crippen molar-refractivity contribution in [3.05, 3.63) is 30.0 Å². The zero-order chi connectivity index (χ0) is 19.4. The van der Waals surface area contributed by atoms with Gasteiger partial charge in [-0.3, -0.25) is 4.79 Å². The summed E-state index contributed by atoms with van der Waals surface area (Å²) >= 11 is 0. The molecular weight excluding hydrogens is 330 g/mol. The molecule has 6 heteroatoms. The number of nitrogens with zero attached hydrogens (tertiary/aromatic N) is 2. The van der Waals surface area contributed by atoms with Gasteiger partial charge in [0.25, 0.3) is 5.91 Å². The fraction of sp³-hybridized carbons (Fsp3) is 0.500. The van der Waals surface area contributed by atoms with Gasteiger partial charge in [0.2, 0.25) is 0 Å². The van der Waals surface area contributed by atoms with Crippen molar-refractivity contribution >= 4 is 11.6 Å². The molecule has 1 rings (SSSR count). The third kappa shape index (κ3) is 6.67. The molecule has 0 heterocycles. The number of amides is 1. The average molecular weight is 359 g/mol. The molecule has 6 nitrogen and oxygen atoms in total. The van der Waals surface area contributed by atoms with Crippen molar-refractivity contribution in [1.29, 1.82) is 5.26 Å². The molecule has 0 aliphatic carbocycles. The van der Waals surface area contributed by atoms with Crippen LogP contribution in [0.2, 0.25) is 0 Å². The van der Waals surface area contributed by atoms with Crippen molar-refractivity contribution in [2.45, 2.75) is 39.5 Å². The lowest BCUT2D eigenvalue weighted by molar-refractivity contribution is -0.112. The summed E-state index contributed by atoms with van der Waals surface area (Å²) < 4.78 is 10.4. The van der Waals surface area contributed by atoms with Gasteiger partial charge in [0.05, 0.1) is 19.9 Å². The third-order valence-corrected chi connectivity index (χ3v) is 3.93. The SMILES string of the molecule is CCCCN(/C=C(/C#N)C(=O)Nc1cc(OC)ccc1OC)CCCC. The maximum Gasteiger partial charge on any atom is 0.267 e. The highest BCUT2D eigenvalue weighted by molar-refractivity contribution is 6.07. The van der Waals surface area contributed by atoms with E-state index >= 15 is 0 Å². The molecule has 0 saturated heterocycles. The van der Waals surface area contributed by atoms with Crippen LogP contribution in [0.4, 0.5) is 5.69 Å². The number of rotatable bonds is 11. The Hall–Kier alpha value is -2.68. The molecule has 0 radical (unpaired) electrons. The van der Waals surface area contributed by atoms with E-state index in [2.05, 4.69) is 19.2 Å². The zero-order valence-corrected chi connectivity index (χ0v) is 16.2. The first-order valence-electron chi connectivity index (χ1n) is 8.98. The molecule has 26 heavy (non-hydrogen) atoms. The van der Waals surface area contributed by atoms with E-state index in [1.807, 2.05) is 11.0 Å². The molecule has 0 saturated carbocycles. The van der Waals surface area contributed by atoms with Gasteiger partial charge in [-0.2, -0.15) is 5.26 Å². The predicted molar refractivity (Wildman–Crippen MR) is 103 cm³/mol. The van der Waals surface area contributed by atoms with Crippen LogP contribution in [0.5, 0.6) is 11.5 Å². The van der Waals surface area contributed by atoms with Crippen LogP contribution in [0.15, 0.2) is 30.0 Å². The Kier molecular flexibility index (Phi) is 9.70. The molecule has 0 spiro atoms. The van der Waals surface area contributed by atoms with Crippen LogP contribution in [0.25, 0.3) is 0 Å². The second-order valence-electron chi connectivity index (χ2n) is 5.92. The smallest absolute Gasteiger partial charge is 0.267 e. The van der Waals surface area contributed by atoms with Crippen molar-refractivity contribution < 1.29 is 14.3 Å². The molecule has 0 unspecified atom stereocenters. The fourth-order valence-electron chi connectivity index (χ4n) is 2.39. The first-order chi connectivity index (χ1) is 12.6. The van der Waals surface area contributed by atoms with Gasteiger partial charge in [-0.1, -0.05) is 26.7 Å². The lowest BCUT2D eigenvalue weighted by Gasteiger charge is -2.20. The average Bonchev–Trinajstić information content (AvgIpc) is 2.67. The molecule has 0 aromatic heterocycles. The number of methoxy groups -OCH3 is 2. The van der Waals surface area contributed by atoms with E-state index in [4.69, 9.17) is 9.47 Å². The van der Waals surface area contributed by atoms with Gasteiger partial charge in [0.1, 0.15) is 23.1 Å². The molecule has 0 aliphatic heterocycles. The summed E-state index contributed by atoms with van der Waals surface area (Å²) in [7, 11) is 3.07. The maximum atomic E-state index is 12.6. The molecule has 1 N–H and O–H groups in total. The molecule has 0 bridgehead atoms. The minimum atomic E-state index is -0.461. The molecule has 0 fully saturated rings. The number of hydrogen-bond donors (Lipinski definition) is 1. The first kappa shape index (κ1) is 21.4. The number of carbonyl (C=O) groups excluding carboxylic acids is 1. The van der Waals surface area contributed by atoms with Crippen LogP contribution >= 0.6 is 0 Å². The third-order valence-electron chi connectivity index (χ3n) is 3.93. The standard InChI is InChI=1S/C20H29N3O3/c1-5-7-11-23(12-8-6-2)15-16(14-21)20(24)22-18-13-17(25-3)9-10-19(18)26-4/h9-10,13,15H,5-8,11-12H2,1-4H3,(H,22,24)/b16-15-. The Morgan fingerprint density at radius 3 is 2.35 bits per heavy atom. The van der Waals surface area contributed by atoms with Crippen molar-refractivity contribution in [3.63, 3.8) is 0 Å². The lowest BCUT2D eigenvalue weighted by Crippen LogP contribution is -2.23. The Labute approximate surface area is 156 Å². The summed E-state index contributed by atoms with van der Waals surface area (Å²) in [6.07, 6.45) is 5.82. The molecule has 1 aromatic carbocycles. The maximum absolute atomic E-state index is 12.6. The van der Waals surface area contributed by atoms with Crippen molar-refractivity contribution in [1.82, 2.24) is 4.90 Å². The van der Waals surface area contributed by atoms with Gasteiger partial charge in [0, 0.05) is 25.4 Å². The number of unbranched alkanes of at least 4 members (excludes halogenated alkanes) is 2. The lowest BCUT2D eigenvalue weighted by atomic mass is 10.2. The van der Waals surface area contributed by atoms with E-state index in [0.29, 0.717) is 17.2 Å². The first-order valence-corrected chi connectivity index (χ1v) is 8.98. The number of anilines is 1. The number of benzene rings is 1. The van der Waals surface area contributed by atoms with Gasteiger partial charge >= 0.3 is 0 Å². The zero-order valence-electron chi connectivity index (χ0n) is 16.2. The van der Waals surface area contributed by atoms with Crippen molar-refractivity contribution in [3.8, 4) is 17.6 Å². The number of nitrogens with one attached hydrogen (secondary N) is 1. The van der Waals surface area contributed by atoms with Crippen molar-refractivity contribution in [2.24, 2.45) is 0 Å².